The molecule has 1 amide bonds. The first-order valence-electron chi connectivity index (χ1n) is 5.38. The van der Waals surface area contributed by atoms with Crippen molar-refractivity contribution in [3.05, 3.63) is 27.7 Å². The number of carbonyl (C=O) groups is 1. The van der Waals surface area contributed by atoms with Gasteiger partial charge in [-0.15, -0.1) is 0 Å². The summed E-state index contributed by atoms with van der Waals surface area (Å²) < 4.78 is 22.8. The Morgan fingerprint density at radius 2 is 2.16 bits per heavy atom. The van der Waals surface area contributed by atoms with Gasteiger partial charge in [0.1, 0.15) is 9.84 Å². The molecule has 0 saturated heterocycles. The first kappa shape index (κ1) is 16.4. The summed E-state index contributed by atoms with van der Waals surface area (Å²) in [5, 5.41) is 2.95. The molecule has 1 aromatic carbocycles. The Morgan fingerprint density at radius 1 is 1.53 bits per heavy atom. The molecular formula is C11H14BrClN2O3S. The molecule has 0 saturated carbocycles. The summed E-state index contributed by atoms with van der Waals surface area (Å²) in [7, 11) is -3.13. The van der Waals surface area contributed by atoms with Gasteiger partial charge in [-0.2, -0.15) is 0 Å². The van der Waals surface area contributed by atoms with Gasteiger partial charge >= 0.3 is 0 Å². The Hall–Kier alpha value is -0.630. The minimum Gasteiger partial charge on any atom is -0.323 e. The lowest BCUT2D eigenvalue weighted by atomic mass is 10.2. The van der Waals surface area contributed by atoms with Crippen LogP contribution in [0.3, 0.4) is 0 Å². The van der Waals surface area contributed by atoms with Gasteiger partial charge in [-0.05, 0) is 24.6 Å². The number of rotatable bonds is 5. The number of carbonyl (C=O) groups excluding carboxylic acids is 1. The first-order chi connectivity index (χ1) is 8.69. The number of halogens is 2. The van der Waals surface area contributed by atoms with Gasteiger partial charge in [0.15, 0.2) is 0 Å². The van der Waals surface area contributed by atoms with E-state index in [0.717, 1.165) is 10.7 Å². The maximum atomic E-state index is 11.8. The van der Waals surface area contributed by atoms with Crippen LogP contribution in [0.2, 0.25) is 5.02 Å². The van der Waals surface area contributed by atoms with Crippen LogP contribution in [0.25, 0.3) is 0 Å². The smallest absolute Gasteiger partial charge is 0.241 e. The van der Waals surface area contributed by atoms with E-state index in [2.05, 4.69) is 21.2 Å². The van der Waals surface area contributed by atoms with Crippen molar-refractivity contribution in [3.8, 4) is 0 Å². The summed E-state index contributed by atoms with van der Waals surface area (Å²) in [6, 6.07) is 4.11. The number of nitrogens with one attached hydrogen (secondary N) is 1. The molecule has 0 aliphatic rings. The lowest BCUT2D eigenvalue weighted by molar-refractivity contribution is -0.117. The molecule has 0 heterocycles. The topological polar surface area (TPSA) is 89.3 Å². The number of benzene rings is 1. The highest BCUT2D eigenvalue weighted by atomic mass is 79.9. The van der Waals surface area contributed by atoms with Gasteiger partial charge in [-0.3, -0.25) is 4.79 Å². The molecule has 0 spiro atoms. The fourth-order valence-corrected chi connectivity index (χ4v) is 2.50. The zero-order valence-corrected chi connectivity index (χ0v) is 13.3. The predicted octanol–water partition coefficient (Wildman–Crippen LogP) is 1.80. The van der Waals surface area contributed by atoms with Crippen molar-refractivity contribution < 1.29 is 13.2 Å². The monoisotopic (exact) mass is 368 g/mol. The average molecular weight is 370 g/mol. The van der Waals surface area contributed by atoms with Gasteiger partial charge in [0.25, 0.3) is 0 Å². The Kier molecular flexibility index (Phi) is 5.79. The van der Waals surface area contributed by atoms with E-state index in [1.165, 1.54) is 0 Å². The summed E-state index contributed by atoms with van der Waals surface area (Å²) in [5.74, 6) is -0.600. The standard InChI is InChI=1S/C11H14BrClN2O3S/c1-19(17,18)5-4-9(14)11(16)15-10-6-7(12)2-3-8(10)13/h2-3,6,9H,4-5,14H2,1H3,(H,15,16). The lowest BCUT2D eigenvalue weighted by Gasteiger charge is -2.13. The predicted molar refractivity (Wildman–Crippen MR) is 80.1 cm³/mol. The van der Waals surface area contributed by atoms with E-state index >= 15 is 0 Å². The van der Waals surface area contributed by atoms with E-state index in [1.54, 1.807) is 18.2 Å². The van der Waals surface area contributed by atoms with Crippen LogP contribution < -0.4 is 11.1 Å². The van der Waals surface area contributed by atoms with E-state index < -0.39 is 21.8 Å². The number of hydrogen-bond donors (Lipinski definition) is 2. The fourth-order valence-electron chi connectivity index (χ4n) is 1.29. The van der Waals surface area contributed by atoms with Crippen LogP contribution in [-0.2, 0) is 14.6 Å². The highest BCUT2D eigenvalue weighted by Gasteiger charge is 2.17. The molecule has 0 aliphatic carbocycles. The van der Waals surface area contributed by atoms with Crippen molar-refractivity contribution in [2.45, 2.75) is 12.5 Å². The van der Waals surface area contributed by atoms with Gasteiger partial charge < -0.3 is 11.1 Å². The fraction of sp³-hybridized carbons (Fsp3) is 0.364. The molecule has 106 valence electrons. The summed E-state index contributed by atoms with van der Waals surface area (Å²) in [4.78, 5) is 11.8. The van der Waals surface area contributed by atoms with Crippen LogP contribution >= 0.6 is 27.5 Å². The molecule has 0 radical (unpaired) electrons. The van der Waals surface area contributed by atoms with Crippen molar-refractivity contribution in [1.29, 1.82) is 0 Å². The largest absolute Gasteiger partial charge is 0.323 e. The second kappa shape index (κ2) is 6.69. The van der Waals surface area contributed by atoms with Crippen LogP contribution in [0, 0.1) is 0 Å². The molecule has 1 aromatic rings. The van der Waals surface area contributed by atoms with E-state index in [-0.39, 0.29) is 12.2 Å². The lowest BCUT2D eigenvalue weighted by Crippen LogP contribution is -2.37. The zero-order valence-electron chi connectivity index (χ0n) is 10.2. The second-order valence-corrected chi connectivity index (χ2v) is 7.72. The Bertz CT molecular complexity index is 577. The summed E-state index contributed by atoms with van der Waals surface area (Å²) >= 11 is 9.18. The number of sulfone groups is 1. The van der Waals surface area contributed by atoms with Crippen LogP contribution in [0.4, 0.5) is 5.69 Å². The minimum absolute atomic E-state index is 0.0658. The van der Waals surface area contributed by atoms with Crippen molar-refractivity contribution in [2.24, 2.45) is 5.73 Å². The van der Waals surface area contributed by atoms with Gasteiger partial charge in [-0.25, -0.2) is 8.42 Å². The maximum Gasteiger partial charge on any atom is 0.241 e. The number of hydrogen-bond acceptors (Lipinski definition) is 4. The summed E-state index contributed by atoms with van der Waals surface area (Å²) in [6.45, 7) is 0. The number of nitrogens with two attached hydrogens (primary N) is 1. The third-order valence-electron chi connectivity index (χ3n) is 2.32. The first-order valence-corrected chi connectivity index (χ1v) is 8.61. The summed E-state index contributed by atoms with van der Waals surface area (Å²) in [5.41, 5.74) is 6.06. The van der Waals surface area contributed by atoms with Gasteiger partial charge in [0.2, 0.25) is 5.91 Å². The van der Waals surface area contributed by atoms with E-state index in [9.17, 15) is 13.2 Å². The molecule has 0 fully saturated rings. The molecule has 0 aromatic heterocycles. The molecule has 3 N–H and O–H groups in total. The van der Waals surface area contributed by atoms with Gasteiger partial charge in [0.05, 0.1) is 22.5 Å². The number of amides is 1. The van der Waals surface area contributed by atoms with Crippen LogP contribution in [-0.4, -0.2) is 32.4 Å². The van der Waals surface area contributed by atoms with Crippen LogP contribution in [0.1, 0.15) is 6.42 Å². The van der Waals surface area contributed by atoms with Gasteiger partial charge in [-0.1, -0.05) is 27.5 Å². The quantitative estimate of drug-likeness (QED) is 0.828. The summed E-state index contributed by atoms with van der Waals surface area (Å²) in [6.07, 6.45) is 1.17. The molecule has 0 bridgehead atoms. The Labute approximate surface area is 125 Å². The molecule has 8 heteroatoms. The normalized spacial score (nSPS) is 13.1. The highest BCUT2D eigenvalue weighted by molar-refractivity contribution is 9.10. The molecule has 1 unspecified atom stereocenters. The van der Waals surface area contributed by atoms with E-state index in [1.807, 2.05) is 0 Å². The molecule has 1 rings (SSSR count). The molecule has 5 nitrogen and oxygen atoms in total. The minimum atomic E-state index is -3.13. The van der Waals surface area contributed by atoms with Crippen molar-refractivity contribution in [1.82, 2.24) is 0 Å². The third-order valence-corrected chi connectivity index (χ3v) is 4.12. The van der Waals surface area contributed by atoms with Crippen LogP contribution in [0.15, 0.2) is 22.7 Å². The van der Waals surface area contributed by atoms with E-state index in [4.69, 9.17) is 17.3 Å². The van der Waals surface area contributed by atoms with E-state index in [0.29, 0.717) is 10.7 Å². The zero-order chi connectivity index (χ0) is 14.6. The SMILES string of the molecule is CS(=O)(=O)CCC(N)C(=O)Nc1cc(Br)ccc1Cl. The van der Waals surface area contributed by atoms with Crippen molar-refractivity contribution in [2.75, 3.05) is 17.3 Å². The number of anilines is 1. The second-order valence-electron chi connectivity index (χ2n) is 4.14. The highest BCUT2D eigenvalue weighted by Crippen LogP contribution is 2.25. The molecule has 19 heavy (non-hydrogen) atoms. The molecule has 1 atom stereocenters. The van der Waals surface area contributed by atoms with Gasteiger partial charge in [0, 0.05) is 10.7 Å². The molecule has 0 aliphatic heterocycles. The van der Waals surface area contributed by atoms with Crippen molar-refractivity contribution in [3.63, 3.8) is 0 Å². The molecular weight excluding hydrogens is 356 g/mol. The van der Waals surface area contributed by atoms with Crippen LogP contribution in [0.5, 0.6) is 0 Å². The Balaban J connectivity index is 2.66. The average Bonchev–Trinajstić information content (AvgIpc) is 2.29. The Morgan fingerprint density at radius 3 is 2.74 bits per heavy atom. The third kappa shape index (κ3) is 5.90. The maximum absolute atomic E-state index is 11.8. The van der Waals surface area contributed by atoms with Crippen molar-refractivity contribution >= 4 is 49.0 Å².